The van der Waals surface area contributed by atoms with E-state index in [2.05, 4.69) is 58.4 Å². The molecule has 30 heavy (non-hydrogen) atoms. The molecule has 0 spiro atoms. The maximum atomic E-state index is 5.15. The Morgan fingerprint density at radius 1 is 0.900 bits per heavy atom. The minimum absolute atomic E-state index is 0.842. The number of rotatable bonds is 2. The van der Waals surface area contributed by atoms with Gasteiger partial charge in [0.25, 0.3) is 0 Å². The third kappa shape index (κ3) is 2.84. The summed E-state index contributed by atoms with van der Waals surface area (Å²) in [5.74, 6) is 0. The summed E-state index contributed by atoms with van der Waals surface area (Å²) in [6.45, 7) is 0. The zero-order chi connectivity index (χ0) is 20.1. The summed E-state index contributed by atoms with van der Waals surface area (Å²) < 4.78 is 2.99. The minimum Gasteiger partial charge on any atom is -0.252 e. The Morgan fingerprint density at radius 3 is 2.53 bits per heavy atom. The Kier molecular flexibility index (Phi) is 4.16. The van der Waals surface area contributed by atoms with Crippen LogP contribution in [0.2, 0.25) is 0 Å². The lowest BCUT2D eigenvalue weighted by atomic mass is 9.94. The van der Waals surface area contributed by atoms with Gasteiger partial charge in [-0.15, -0.1) is 0 Å². The van der Waals surface area contributed by atoms with Crippen molar-refractivity contribution in [2.24, 2.45) is 0 Å². The van der Waals surface area contributed by atoms with Gasteiger partial charge in [0.2, 0.25) is 0 Å². The van der Waals surface area contributed by atoms with Crippen LogP contribution in [0.4, 0.5) is 0 Å². The number of hydrogen-bond donors (Lipinski definition) is 0. The number of pyridine rings is 2. The molecule has 0 bridgehead atoms. The van der Waals surface area contributed by atoms with E-state index in [1.54, 1.807) is 0 Å². The molecule has 0 N–H and O–H groups in total. The number of aromatic nitrogens is 4. The number of nitrogens with zero attached hydrogens (tertiary/aromatic N) is 4. The smallest absolute Gasteiger partial charge is 0.165 e. The molecule has 0 unspecified atom stereocenters. The molecule has 0 atom stereocenters. The van der Waals surface area contributed by atoms with Crippen molar-refractivity contribution in [3.05, 3.63) is 82.6 Å². The summed E-state index contributed by atoms with van der Waals surface area (Å²) in [6.07, 6.45) is 6.56. The first-order chi connectivity index (χ1) is 14.8. The number of halogens is 1. The molecule has 0 amide bonds. The summed E-state index contributed by atoms with van der Waals surface area (Å²) in [6, 6.07) is 20.8. The van der Waals surface area contributed by atoms with Crippen LogP contribution in [-0.2, 0) is 12.8 Å². The second kappa shape index (κ2) is 7.03. The van der Waals surface area contributed by atoms with Crippen LogP contribution >= 0.6 is 15.9 Å². The highest BCUT2D eigenvalue weighted by Gasteiger charge is 2.20. The van der Waals surface area contributed by atoms with Crippen LogP contribution in [0.1, 0.15) is 24.1 Å². The molecule has 1 aliphatic rings. The zero-order valence-corrected chi connectivity index (χ0v) is 17.9. The minimum atomic E-state index is 0.842. The van der Waals surface area contributed by atoms with Crippen LogP contribution < -0.4 is 0 Å². The van der Waals surface area contributed by atoms with E-state index in [9.17, 15) is 0 Å². The summed E-state index contributed by atoms with van der Waals surface area (Å²) >= 11 is 3.54. The van der Waals surface area contributed by atoms with Gasteiger partial charge in [0, 0.05) is 27.3 Å². The van der Waals surface area contributed by atoms with Gasteiger partial charge in [0.15, 0.2) is 5.65 Å². The monoisotopic (exact) mass is 454 g/mol. The predicted octanol–water partition coefficient (Wildman–Crippen LogP) is 6.28. The molecule has 146 valence electrons. The van der Waals surface area contributed by atoms with E-state index in [0.717, 1.165) is 56.2 Å². The average molecular weight is 455 g/mol. The van der Waals surface area contributed by atoms with E-state index in [1.165, 1.54) is 24.1 Å². The Balaban J connectivity index is 1.71. The normalized spacial score (nSPS) is 13.6. The van der Waals surface area contributed by atoms with Crippen LogP contribution in [0.15, 0.2) is 71.3 Å². The van der Waals surface area contributed by atoms with E-state index in [1.807, 2.05) is 29.1 Å². The third-order valence-corrected chi connectivity index (χ3v) is 6.40. The molecule has 0 saturated carbocycles. The summed E-state index contributed by atoms with van der Waals surface area (Å²) in [5, 5.41) is 7.13. The second-order valence-electron chi connectivity index (χ2n) is 7.80. The molecule has 0 radical (unpaired) electrons. The maximum Gasteiger partial charge on any atom is 0.165 e. The number of para-hydroxylation sites is 1. The van der Waals surface area contributed by atoms with Crippen molar-refractivity contribution < 1.29 is 0 Å². The van der Waals surface area contributed by atoms with Gasteiger partial charge in [-0.25, -0.2) is 9.67 Å². The third-order valence-electron chi connectivity index (χ3n) is 5.87. The number of fused-ring (bicyclic) bond motifs is 4. The lowest BCUT2D eigenvalue weighted by Gasteiger charge is -2.15. The first kappa shape index (κ1) is 17.8. The van der Waals surface area contributed by atoms with Crippen molar-refractivity contribution in [3.63, 3.8) is 0 Å². The van der Waals surface area contributed by atoms with Crippen LogP contribution in [0, 0.1) is 0 Å². The fourth-order valence-corrected chi connectivity index (χ4v) is 4.65. The van der Waals surface area contributed by atoms with Gasteiger partial charge in [-0.05, 0) is 61.6 Å². The first-order valence-corrected chi connectivity index (χ1v) is 11.1. The summed E-state index contributed by atoms with van der Waals surface area (Å²) in [4.78, 5) is 10.0. The Bertz CT molecular complexity index is 1390. The van der Waals surface area contributed by atoms with Gasteiger partial charge < -0.3 is 0 Å². The fraction of sp³-hybridized carbons (Fsp3) is 0.160. The molecular formula is C25H19BrN4. The summed E-state index contributed by atoms with van der Waals surface area (Å²) in [7, 11) is 0. The van der Waals surface area contributed by atoms with Crippen molar-refractivity contribution in [2.75, 3.05) is 0 Å². The van der Waals surface area contributed by atoms with Crippen LogP contribution in [0.5, 0.6) is 0 Å². The first-order valence-electron chi connectivity index (χ1n) is 10.3. The topological polar surface area (TPSA) is 43.6 Å². The second-order valence-corrected chi connectivity index (χ2v) is 8.71. The standard InChI is InChI=1S/C25H19BrN4/c26-19-12-10-16(11-13-19)24-22-23-18(14-17-6-4-5-9-21(17)28-23)15-27-25(22)30(29-24)20-7-2-1-3-8-20/h1-3,7-8,10-15H,4-6,9H2. The van der Waals surface area contributed by atoms with Crippen molar-refractivity contribution >= 4 is 37.9 Å². The summed E-state index contributed by atoms with van der Waals surface area (Å²) in [5.41, 5.74) is 7.42. The highest BCUT2D eigenvalue weighted by atomic mass is 79.9. The lowest BCUT2D eigenvalue weighted by Crippen LogP contribution is -2.05. The molecule has 4 nitrogen and oxygen atoms in total. The quantitative estimate of drug-likeness (QED) is 0.315. The average Bonchev–Trinajstić information content (AvgIpc) is 3.19. The fourth-order valence-electron chi connectivity index (χ4n) is 4.39. The maximum absolute atomic E-state index is 5.15. The molecule has 3 aromatic heterocycles. The van der Waals surface area contributed by atoms with E-state index < -0.39 is 0 Å². The predicted molar refractivity (Wildman–Crippen MR) is 124 cm³/mol. The molecule has 6 rings (SSSR count). The van der Waals surface area contributed by atoms with Crippen LogP contribution in [0.3, 0.4) is 0 Å². The molecule has 0 aliphatic heterocycles. The van der Waals surface area contributed by atoms with E-state index >= 15 is 0 Å². The SMILES string of the molecule is Brc1ccc(-c2nn(-c3ccccc3)c3ncc4cc5c(nc4c23)CCCC5)cc1. The molecular weight excluding hydrogens is 436 g/mol. The molecule has 1 aliphatic carbocycles. The Labute approximate surface area is 182 Å². The van der Waals surface area contributed by atoms with Gasteiger partial charge >= 0.3 is 0 Å². The lowest BCUT2D eigenvalue weighted by molar-refractivity contribution is 0.671. The Hall–Kier alpha value is -3.05. The van der Waals surface area contributed by atoms with Gasteiger partial charge in [-0.2, -0.15) is 5.10 Å². The van der Waals surface area contributed by atoms with E-state index in [4.69, 9.17) is 15.1 Å². The zero-order valence-electron chi connectivity index (χ0n) is 16.3. The molecule has 3 heterocycles. The van der Waals surface area contributed by atoms with Crippen molar-refractivity contribution in [1.29, 1.82) is 0 Å². The van der Waals surface area contributed by atoms with Crippen LogP contribution in [-0.4, -0.2) is 19.7 Å². The number of hydrogen-bond acceptors (Lipinski definition) is 3. The molecule has 5 heteroatoms. The highest BCUT2D eigenvalue weighted by Crippen LogP contribution is 2.35. The number of benzene rings is 2. The van der Waals surface area contributed by atoms with Crippen LogP contribution in [0.25, 0.3) is 38.9 Å². The highest BCUT2D eigenvalue weighted by molar-refractivity contribution is 9.10. The molecule has 2 aromatic carbocycles. The Morgan fingerprint density at radius 2 is 1.70 bits per heavy atom. The largest absolute Gasteiger partial charge is 0.252 e. The van der Waals surface area contributed by atoms with Gasteiger partial charge in [0.1, 0.15) is 5.69 Å². The van der Waals surface area contributed by atoms with E-state index in [0.29, 0.717) is 0 Å². The van der Waals surface area contributed by atoms with Gasteiger partial charge in [-0.1, -0.05) is 46.3 Å². The van der Waals surface area contributed by atoms with Crippen molar-refractivity contribution in [2.45, 2.75) is 25.7 Å². The molecule has 0 fully saturated rings. The van der Waals surface area contributed by atoms with Crippen molar-refractivity contribution in [3.8, 4) is 16.9 Å². The number of aryl methyl sites for hydroxylation is 2. The van der Waals surface area contributed by atoms with E-state index in [-0.39, 0.29) is 0 Å². The van der Waals surface area contributed by atoms with Crippen molar-refractivity contribution in [1.82, 2.24) is 19.7 Å². The van der Waals surface area contributed by atoms with Gasteiger partial charge in [-0.3, -0.25) is 4.98 Å². The molecule has 5 aromatic rings. The van der Waals surface area contributed by atoms with Gasteiger partial charge in [0.05, 0.1) is 16.6 Å². The molecule has 0 saturated heterocycles.